The highest BCUT2D eigenvalue weighted by Crippen LogP contribution is 2.15. The molecule has 1 rings (SSSR count). The summed E-state index contributed by atoms with van der Waals surface area (Å²) in [5, 5.41) is 0. The van der Waals surface area contributed by atoms with Gasteiger partial charge >= 0.3 is 0 Å². The fraction of sp³-hybridized carbons (Fsp3) is 0.900. The third kappa shape index (κ3) is 3.74. The summed E-state index contributed by atoms with van der Waals surface area (Å²) >= 11 is 0. The number of carbonyl (C=O) groups is 1. The average Bonchev–Trinajstić information content (AvgIpc) is 2.31. The van der Waals surface area contributed by atoms with Crippen molar-refractivity contribution >= 4 is 5.91 Å². The smallest absolute Gasteiger partial charge is 0.222 e. The van der Waals surface area contributed by atoms with Crippen LogP contribution in [-0.2, 0) is 4.79 Å². The number of amides is 1. The molecule has 0 N–H and O–H groups in total. The van der Waals surface area contributed by atoms with Crippen molar-refractivity contribution in [1.29, 1.82) is 0 Å². The fourth-order valence-electron chi connectivity index (χ4n) is 1.28. The van der Waals surface area contributed by atoms with E-state index >= 15 is 0 Å². The Kier molecular flexibility index (Phi) is 5.77. The van der Waals surface area contributed by atoms with Crippen LogP contribution in [0.4, 0.5) is 0 Å². The molecule has 0 bridgehead atoms. The van der Waals surface area contributed by atoms with Gasteiger partial charge in [0.2, 0.25) is 5.91 Å². The molecule has 1 atom stereocenters. The van der Waals surface area contributed by atoms with Crippen LogP contribution in [0.25, 0.3) is 0 Å². The van der Waals surface area contributed by atoms with E-state index in [0.29, 0.717) is 11.8 Å². The van der Waals surface area contributed by atoms with Crippen LogP contribution in [0.15, 0.2) is 0 Å². The third-order valence-electron chi connectivity index (χ3n) is 1.79. The molecule has 2 nitrogen and oxygen atoms in total. The summed E-state index contributed by atoms with van der Waals surface area (Å²) in [6.45, 7) is 10.2. The molecule has 0 radical (unpaired) electrons. The maximum atomic E-state index is 10.9. The van der Waals surface area contributed by atoms with Gasteiger partial charge in [0.25, 0.3) is 0 Å². The van der Waals surface area contributed by atoms with Crippen molar-refractivity contribution in [2.75, 3.05) is 13.1 Å². The summed E-state index contributed by atoms with van der Waals surface area (Å²) in [6.07, 6.45) is 2.01. The molecule has 2 heteroatoms. The zero-order valence-electron chi connectivity index (χ0n) is 8.76. The van der Waals surface area contributed by atoms with Crippen molar-refractivity contribution in [3.63, 3.8) is 0 Å². The van der Waals surface area contributed by atoms with Crippen LogP contribution < -0.4 is 0 Å². The first-order valence-corrected chi connectivity index (χ1v) is 4.93. The van der Waals surface area contributed by atoms with Crippen molar-refractivity contribution < 1.29 is 4.79 Å². The van der Waals surface area contributed by atoms with Gasteiger partial charge < -0.3 is 4.90 Å². The number of carbonyl (C=O) groups excluding carboxylic acids is 1. The Morgan fingerprint density at radius 3 is 2.08 bits per heavy atom. The Morgan fingerprint density at radius 1 is 1.42 bits per heavy atom. The zero-order valence-corrected chi connectivity index (χ0v) is 8.76. The Bertz CT molecular complexity index is 134. The van der Waals surface area contributed by atoms with Gasteiger partial charge in [-0.2, -0.15) is 0 Å². The first-order chi connectivity index (χ1) is 5.65. The van der Waals surface area contributed by atoms with Crippen molar-refractivity contribution in [3.05, 3.63) is 0 Å². The molecule has 1 saturated heterocycles. The topological polar surface area (TPSA) is 20.3 Å². The molecule has 1 amide bonds. The summed E-state index contributed by atoms with van der Waals surface area (Å²) in [5.41, 5.74) is 0. The van der Waals surface area contributed by atoms with Crippen LogP contribution in [0.3, 0.4) is 0 Å². The van der Waals surface area contributed by atoms with Crippen LogP contribution in [0.1, 0.15) is 40.5 Å². The second kappa shape index (κ2) is 6.04. The Labute approximate surface area is 75.9 Å². The number of hydrogen-bond donors (Lipinski definition) is 0. The fourth-order valence-corrected chi connectivity index (χ4v) is 1.28. The van der Waals surface area contributed by atoms with E-state index < -0.39 is 0 Å². The molecule has 0 saturated carbocycles. The maximum Gasteiger partial charge on any atom is 0.222 e. The summed E-state index contributed by atoms with van der Waals surface area (Å²) < 4.78 is 0. The maximum absolute atomic E-state index is 10.9. The largest absolute Gasteiger partial charge is 0.343 e. The van der Waals surface area contributed by atoms with Crippen LogP contribution in [0.5, 0.6) is 0 Å². The molecule has 72 valence electrons. The van der Waals surface area contributed by atoms with Crippen LogP contribution in [-0.4, -0.2) is 23.9 Å². The number of hydrogen-bond acceptors (Lipinski definition) is 1. The number of rotatable bonds is 1. The van der Waals surface area contributed by atoms with Gasteiger partial charge in [-0.05, 0) is 12.8 Å². The zero-order chi connectivity index (χ0) is 9.56. The van der Waals surface area contributed by atoms with Crippen molar-refractivity contribution in [2.24, 2.45) is 5.92 Å². The van der Waals surface area contributed by atoms with Gasteiger partial charge in [0, 0.05) is 19.5 Å². The molecule has 1 aliphatic rings. The second-order valence-corrected chi connectivity index (χ2v) is 3.45. The lowest BCUT2D eigenvalue weighted by molar-refractivity contribution is -0.127. The van der Waals surface area contributed by atoms with E-state index in [1.165, 1.54) is 6.42 Å². The molecule has 1 heterocycles. The monoisotopic (exact) mass is 171 g/mol. The SMILES string of the molecule is CCC.CCN1CC(C)CC1=O. The minimum absolute atomic E-state index is 0.324. The van der Waals surface area contributed by atoms with Crippen molar-refractivity contribution in [3.8, 4) is 0 Å². The minimum Gasteiger partial charge on any atom is -0.343 e. The highest BCUT2D eigenvalue weighted by atomic mass is 16.2. The molecule has 1 unspecified atom stereocenters. The van der Waals surface area contributed by atoms with Gasteiger partial charge in [0.05, 0.1) is 0 Å². The predicted molar refractivity (Wildman–Crippen MR) is 52.0 cm³/mol. The lowest BCUT2D eigenvalue weighted by atomic mass is 10.2. The van der Waals surface area contributed by atoms with Crippen LogP contribution in [0.2, 0.25) is 0 Å². The lowest BCUT2D eigenvalue weighted by Gasteiger charge is -2.11. The van der Waals surface area contributed by atoms with Gasteiger partial charge in [0.1, 0.15) is 0 Å². The molecule has 0 aromatic heterocycles. The molecule has 0 spiro atoms. The van der Waals surface area contributed by atoms with Crippen molar-refractivity contribution in [2.45, 2.75) is 40.5 Å². The summed E-state index contributed by atoms with van der Waals surface area (Å²) in [4.78, 5) is 12.8. The van der Waals surface area contributed by atoms with E-state index in [9.17, 15) is 4.79 Å². The van der Waals surface area contributed by atoms with Gasteiger partial charge in [0.15, 0.2) is 0 Å². The van der Waals surface area contributed by atoms with E-state index in [2.05, 4.69) is 20.8 Å². The number of likely N-dealkylation sites (tertiary alicyclic amines) is 1. The third-order valence-corrected chi connectivity index (χ3v) is 1.79. The van der Waals surface area contributed by atoms with E-state index in [-0.39, 0.29) is 0 Å². The predicted octanol–water partition coefficient (Wildman–Crippen LogP) is 2.29. The first kappa shape index (κ1) is 11.5. The highest BCUT2D eigenvalue weighted by molar-refractivity contribution is 5.78. The van der Waals surface area contributed by atoms with E-state index in [4.69, 9.17) is 0 Å². The summed E-state index contributed by atoms with van der Waals surface area (Å²) in [6, 6.07) is 0. The molecule has 12 heavy (non-hydrogen) atoms. The molecule has 0 aromatic rings. The van der Waals surface area contributed by atoms with E-state index in [0.717, 1.165) is 19.5 Å². The van der Waals surface area contributed by atoms with Crippen LogP contribution in [0, 0.1) is 5.92 Å². The highest BCUT2D eigenvalue weighted by Gasteiger charge is 2.24. The van der Waals surface area contributed by atoms with E-state index in [1.807, 2.05) is 11.8 Å². The molecule has 1 aliphatic heterocycles. The Morgan fingerprint density at radius 2 is 1.92 bits per heavy atom. The molecular weight excluding hydrogens is 150 g/mol. The van der Waals surface area contributed by atoms with Gasteiger partial charge in [-0.1, -0.05) is 27.2 Å². The summed E-state index contributed by atoms with van der Waals surface area (Å²) in [5.74, 6) is 0.905. The van der Waals surface area contributed by atoms with E-state index in [1.54, 1.807) is 0 Å². The quantitative estimate of drug-likeness (QED) is 0.592. The molecule has 0 aliphatic carbocycles. The van der Waals surface area contributed by atoms with Crippen LogP contribution >= 0.6 is 0 Å². The summed E-state index contributed by atoms with van der Waals surface area (Å²) in [7, 11) is 0. The average molecular weight is 171 g/mol. The van der Waals surface area contributed by atoms with Gasteiger partial charge in [-0.15, -0.1) is 0 Å². The minimum atomic E-state index is 0.324. The Hall–Kier alpha value is -0.530. The van der Waals surface area contributed by atoms with Crippen molar-refractivity contribution in [1.82, 2.24) is 4.90 Å². The lowest BCUT2D eigenvalue weighted by Crippen LogP contribution is -2.24. The number of nitrogens with zero attached hydrogens (tertiary/aromatic N) is 1. The standard InChI is InChI=1S/C7H13NO.C3H8/c1-3-8-5-6(2)4-7(8)9;1-3-2/h6H,3-5H2,1-2H3;3H2,1-2H3. The van der Waals surface area contributed by atoms with Gasteiger partial charge in [-0.3, -0.25) is 4.79 Å². The normalized spacial score (nSPS) is 22.2. The first-order valence-electron chi connectivity index (χ1n) is 4.93. The molecular formula is C10H21NO. The molecule has 1 fully saturated rings. The molecule has 0 aromatic carbocycles. The Balaban J connectivity index is 0.000000354. The second-order valence-electron chi connectivity index (χ2n) is 3.45. The van der Waals surface area contributed by atoms with Gasteiger partial charge in [-0.25, -0.2) is 0 Å².